The van der Waals surface area contributed by atoms with E-state index in [1.807, 2.05) is 31.2 Å². The van der Waals surface area contributed by atoms with Gasteiger partial charge in [0.2, 0.25) is 5.91 Å². The minimum Gasteiger partial charge on any atom is -0.492 e. The lowest BCUT2D eigenvalue weighted by Crippen LogP contribution is -2.19. The molecule has 0 spiro atoms. The van der Waals surface area contributed by atoms with Gasteiger partial charge in [0.1, 0.15) is 5.75 Å². The number of hydrogen-bond acceptors (Lipinski definition) is 6. The lowest BCUT2D eigenvalue weighted by atomic mass is 10.1. The second kappa shape index (κ2) is 8.83. The number of anilines is 1. The normalized spacial score (nSPS) is 11.2. The molecule has 0 fully saturated rings. The van der Waals surface area contributed by atoms with Crippen molar-refractivity contribution in [3.63, 3.8) is 0 Å². The van der Waals surface area contributed by atoms with E-state index in [4.69, 9.17) is 22.1 Å². The van der Waals surface area contributed by atoms with Crippen LogP contribution in [0, 0.1) is 0 Å². The smallest absolute Gasteiger partial charge is 0.244 e. The molecule has 8 heteroatoms. The van der Waals surface area contributed by atoms with Crippen LogP contribution >= 0.6 is 22.9 Å². The molecule has 2 aromatic carbocycles. The molecule has 0 saturated carbocycles. The van der Waals surface area contributed by atoms with Crippen molar-refractivity contribution in [3.8, 4) is 5.75 Å². The number of benzene rings is 2. The van der Waals surface area contributed by atoms with Crippen LogP contribution in [0.15, 0.2) is 41.5 Å². The van der Waals surface area contributed by atoms with Crippen LogP contribution in [0.2, 0.25) is 5.02 Å². The highest BCUT2D eigenvalue weighted by molar-refractivity contribution is 7.22. The molecule has 1 aromatic heterocycles. The third-order valence-corrected chi connectivity index (χ3v) is 4.80. The van der Waals surface area contributed by atoms with Crippen LogP contribution in [-0.2, 0) is 11.2 Å². The number of ether oxygens (including phenoxy) is 1. The van der Waals surface area contributed by atoms with E-state index in [0.29, 0.717) is 22.5 Å². The molecule has 0 aliphatic heterocycles. The Bertz CT molecular complexity index is 987. The van der Waals surface area contributed by atoms with Crippen LogP contribution in [-0.4, -0.2) is 23.7 Å². The van der Waals surface area contributed by atoms with Gasteiger partial charge in [0.15, 0.2) is 5.13 Å². The minimum absolute atomic E-state index is 0.211. The molecular weight excluding hydrogens is 384 g/mol. The van der Waals surface area contributed by atoms with Crippen molar-refractivity contribution in [3.05, 3.63) is 52.5 Å². The Kier molecular flexibility index (Phi) is 6.26. The number of nitrogen functional groups attached to an aromatic ring is 1. The molecule has 0 radical (unpaired) electrons. The number of hydrogen-bond donors (Lipinski definition) is 2. The first-order chi connectivity index (χ1) is 13.0. The number of halogens is 1. The summed E-state index contributed by atoms with van der Waals surface area (Å²) in [6.45, 7) is 2.64. The monoisotopic (exact) mass is 402 g/mol. The van der Waals surface area contributed by atoms with E-state index in [1.54, 1.807) is 18.3 Å². The number of carbonyl (C=O) groups excluding carboxylic acids is 1. The molecule has 1 heterocycles. The van der Waals surface area contributed by atoms with E-state index in [9.17, 15) is 4.79 Å². The quantitative estimate of drug-likeness (QED) is 0.461. The molecule has 0 atom stereocenters. The van der Waals surface area contributed by atoms with Gasteiger partial charge in [-0.05, 0) is 47.9 Å². The molecule has 6 nitrogen and oxygen atoms in total. The molecule has 0 unspecified atom stereocenters. The summed E-state index contributed by atoms with van der Waals surface area (Å²) in [5.41, 5.74) is 10.7. The number of fused-ring (bicyclic) bond motifs is 1. The molecule has 0 saturated heterocycles. The standard InChI is InChI=1S/C19H19ClN4O2S/c1-2-7-26-16-6-4-13(8-14(16)20)11-22-24-18(25)10-12-3-5-15-17(9-12)27-19(21)23-15/h3-6,8-9,11H,2,7,10H2,1H3,(H2,21,23)(H,24,25)/b22-11-. The Balaban J connectivity index is 1.56. The van der Waals surface area contributed by atoms with E-state index < -0.39 is 0 Å². The minimum atomic E-state index is -0.211. The second-order valence-electron chi connectivity index (χ2n) is 5.86. The van der Waals surface area contributed by atoms with E-state index in [1.165, 1.54) is 11.3 Å². The fraction of sp³-hybridized carbons (Fsp3) is 0.211. The van der Waals surface area contributed by atoms with Gasteiger partial charge in [-0.1, -0.05) is 35.9 Å². The maximum atomic E-state index is 12.1. The zero-order chi connectivity index (χ0) is 19.2. The predicted molar refractivity (Wildman–Crippen MR) is 111 cm³/mol. The number of hydrazone groups is 1. The lowest BCUT2D eigenvalue weighted by molar-refractivity contribution is -0.120. The second-order valence-corrected chi connectivity index (χ2v) is 7.33. The maximum Gasteiger partial charge on any atom is 0.244 e. The number of thiazole rings is 1. The third kappa shape index (κ3) is 5.18. The van der Waals surface area contributed by atoms with Crippen LogP contribution < -0.4 is 15.9 Å². The zero-order valence-electron chi connectivity index (χ0n) is 14.7. The Morgan fingerprint density at radius 1 is 1.37 bits per heavy atom. The number of nitrogens with one attached hydrogen (secondary N) is 1. The van der Waals surface area contributed by atoms with Gasteiger partial charge in [-0.25, -0.2) is 10.4 Å². The number of nitrogens with two attached hydrogens (primary N) is 1. The fourth-order valence-corrected chi connectivity index (χ4v) is 3.47. The Morgan fingerprint density at radius 2 is 2.22 bits per heavy atom. The lowest BCUT2D eigenvalue weighted by Gasteiger charge is -2.06. The van der Waals surface area contributed by atoms with Gasteiger partial charge in [0, 0.05) is 0 Å². The summed E-state index contributed by atoms with van der Waals surface area (Å²) in [4.78, 5) is 16.3. The van der Waals surface area contributed by atoms with Crippen LogP contribution in [0.3, 0.4) is 0 Å². The number of amides is 1. The molecule has 27 heavy (non-hydrogen) atoms. The summed E-state index contributed by atoms with van der Waals surface area (Å²) in [6.07, 6.45) is 2.67. The van der Waals surface area contributed by atoms with Crippen molar-refractivity contribution >= 4 is 50.4 Å². The van der Waals surface area contributed by atoms with Gasteiger partial charge in [-0.2, -0.15) is 5.10 Å². The van der Waals surface area contributed by atoms with Crippen molar-refractivity contribution in [2.24, 2.45) is 5.10 Å². The van der Waals surface area contributed by atoms with Crippen LogP contribution in [0.1, 0.15) is 24.5 Å². The molecule has 3 N–H and O–H groups in total. The molecule has 0 aliphatic rings. The van der Waals surface area contributed by atoms with Crippen LogP contribution in [0.5, 0.6) is 5.75 Å². The highest BCUT2D eigenvalue weighted by Crippen LogP contribution is 2.25. The van der Waals surface area contributed by atoms with Crippen molar-refractivity contribution in [2.45, 2.75) is 19.8 Å². The number of nitrogens with zero attached hydrogens (tertiary/aromatic N) is 2. The highest BCUT2D eigenvalue weighted by Gasteiger charge is 2.06. The molecule has 140 valence electrons. The molecule has 3 aromatic rings. The average Bonchev–Trinajstić information content (AvgIpc) is 3.00. The Hall–Kier alpha value is -2.64. The van der Waals surface area contributed by atoms with Crippen molar-refractivity contribution in [2.75, 3.05) is 12.3 Å². The number of aromatic nitrogens is 1. The van der Waals surface area contributed by atoms with Gasteiger partial charge in [0.05, 0.1) is 34.5 Å². The first-order valence-corrected chi connectivity index (χ1v) is 9.64. The molecule has 3 rings (SSSR count). The third-order valence-electron chi connectivity index (χ3n) is 3.65. The SMILES string of the molecule is CCCOc1ccc(/C=N\NC(=O)Cc2ccc3nc(N)sc3c2)cc1Cl. The Labute approximate surface area is 166 Å². The number of rotatable bonds is 7. The fourth-order valence-electron chi connectivity index (χ4n) is 2.43. The molecule has 0 bridgehead atoms. The van der Waals surface area contributed by atoms with Gasteiger partial charge in [-0.15, -0.1) is 0 Å². The van der Waals surface area contributed by atoms with E-state index in [0.717, 1.165) is 27.8 Å². The number of carbonyl (C=O) groups is 1. The predicted octanol–water partition coefficient (Wildman–Crippen LogP) is 4.01. The van der Waals surface area contributed by atoms with Crippen LogP contribution in [0.4, 0.5) is 5.13 Å². The van der Waals surface area contributed by atoms with E-state index in [-0.39, 0.29) is 12.3 Å². The zero-order valence-corrected chi connectivity index (χ0v) is 16.3. The highest BCUT2D eigenvalue weighted by atomic mass is 35.5. The largest absolute Gasteiger partial charge is 0.492 e. The van der Waals surface area contributed by atoms with Gasteiger partial charge >= 0.3 is 0 Å². The van der Waals surface area contributed by atoms with Crippen molar-refractivity contribution in [1.29, 1.82) is 0 Å². The summed E-state index contributed by atoms with van der Waals surface area (Å²) in [5, 5.41) is 5.01. The topological polar surface area (TPSA) is 89.6 Å². The summed E-state index contributed by atoms with van der Waals surface area (Å²) < 4.78 is 6.48. The average molecular weight is 403 g/mol. The summed E-state index contributed by atoms with van der Waals surface area (Å²) in [5.74, 6) is 0.427. The summed E-state index contributed by atoms with van der Waals surface area (Å²) in [6, 6.07) is 11.0. The summed E-state index contributed by atoms with van der Waals surface area (Å²) in [7, 11) is 0. The Morgan fingerprint density at radius 3 is 3.00 bits per heavy atom. The molecular formula is C19H19ClN4O2S. The first kappa shape index (κ1) is 19.1. The molecule has 1 amide bonds. The maximum absolute atomic E-state index is 12.1. The summed E-state index contributed by atoms with van der Waals surface area (Å²) >= 11 is 7.57. The van der Waals surface area contributed by atoms with Crippen molar-refractivity contribution in [1.82, 2.24) is 10.4 Å². The van der Waals surface area contributed by atoms with E-state index in [2.05, 4.69) is 15.5 Å². The first-order valence-electron chi connectivity index (χ1n) is 8.44. The van der Waals surface area contributed by atoms with Crippen molar-refractivity contribution < 1.29 is 9.53 Å². The van der Waals surface area contributed by atoms with Gasteiger partial charge in [0.25, 0.3) is 0 Å². The van der Waals surface area contributed by atoms with Gasteiger partial charge < -0.3 is 10.5 Å². The van der Waals surface area contributed by atoms with E-state index >= 15 is 0 Å². The molecule has 0 aliphatic carbocycles. The van der Waals surface area contributed by atoms with Crippen LogP contribution in [0.25, 0.3) is 10.2 Å². The van der Waals surface area contributed by atoms with Gasteiger partial charge in [-0.3, -0.25) is 4.79 Å².